The van der Waals surface area contributed by atoms with E-state index in [4.69, 9.17) is 0 Å². The van der Waals surface area contributed by atoms with Crippen LogP contribution in [0.25, 0.3) is 0 Å². The highest BCUT2D eigenvalue weighted by atomic mass is 32.2. The fourth-order valence-electron chi connectivity index (χ4n) is 2.02. The number of nitrogens with one attached hydrogen (secondary N) is 2. The third kappa shape index (κ3) is 5.66. The minimum atomic E-state index is -4.92. The zero-order valence-electron chi connectivity index (χ0n) is 13.5. The second kappa shape index (κ2) is 7.65. The van der Waals surface area contributed by atoms with Gasteiger partial charge in [-0.1, -0.05) is 18.2 Å². The van der Waals surface area contributed by atoms with Crippen molar-refractivity contribution in [1.29, 1.82) is 0 Å². The average Bonchev–Trinajstić information content (AvgIpc) is 2.55. The van der Waals surface area contributed by atoms with Crippen molar-refractivity contribution in [2.75, 3.05) is 11.8 Å². The zero-order valence-corrected chi connectivity index (χ0v) is 14.3. The van der Waals surface area contributed by atoms with Gasteiger partial charge in [0, 0.05) is 18.8 Å². The molecule has 2 aromatic rings. The van der Waals surface area contributed by atoms with Gasteiger partial charge in [0.2, 0.25) is 5.91 Å². The van der Waals surface area contributed by atoms with Gasteiger partial charge < -0.3 is 10.1 Å². The quantitative estimate of drug-likeness (QED) is 0.797. The molecule has 2 N–H and O–H groups in total. The molecular formula is C16H15F3N2O4S. The molecule has 140 valence electrons. The van der Waals surface area contributed by atoms with Crippen LogP contribution in [0.15, 0.2) is 53.4 Å². The molecule has 0 fully saturated rings. The monoisotopic (exact) mass is 388 g/mol. The van der Waals surface area contributed by atoms with Crippen LogP contribution < -0.4 is 14.8 Å². The van der Waals surface area contributed by atoms with Crippen molar-refractivity contribution < 1.29 is 31.1 Å². The predicted molar refractivity (Wildman–Crippen MR) is 88.1 cm³/mol. The van der Waals surface area contributed by atoms with Crippen molar-refractivity contribution in [1.82, 2.24) is 5.32 Å². The lowest BCUT2D eigenvalue weighted by molar-refractivity contribution is -0.274. The highest BCUT2D eigenvalue weighted by Crippen LogP contribution is 2.26. The molecule has 0 atom stereocenters. The van der Waals surface area contributed by atoms with Gasteiger partial charge in [-0.05, 0) is 29.8 Å². The van der Waals surface area contributed by atoms with Crippen molar-refractivity contribution in [3.63, 3.8) is 0 Å². The lowest BCUT2D eigenvalue weighted by atomic mass is 10.1. The second-order valence-corrected chi connectivity index (χ2v) is 6.86. The molecule has 10 heteroatoms. The summed E-state index contributed by atoms with van der Waals surface area (Å²) in [7, 11) is -2.61. The molecular weight excluding hydrogens is 373 g/mol. The number of likely N-dealkylation sites (N-methyl/N-ethyl adjacent to an activating group) is 1. The molecule has 0 aliphatic heterocycles. The molecule has 2 aromatic carbocycles. The predicted octanol–water partition coefficient (Wildman–Crippen LogP) is 2.67. The second-order valence-electron chi connectivity index (χ2n) is 5.18. The fourth-order valence-corrected chi connectivity index (χ4v) is 3.11. The molecule has 0 aliphatic carbocycles. The normalized spacial score (nSPS) is 11.7. The number of rotatable bonds is 6. The minimum absolute atomic E-state index is 0.139. The van der Waals surface area contributed by atoms with E-state index < -0.39 is 22.1 Å². The summed E-state index contributed by atoms with van der Waals surface area (Å²) in [5.41, 5.74) is 0.876. The lowest BCUT2D eigenvalue weighted by Gasteiger charge is -2.12. The summed E-state index contributed by atoms with van der Waals surface area (Å²) in [4.78, 5) is 10.9. The fraction of sp³-hybridized carbons (Fsp3) is 0.188. The Morgan fingerprint density at radius 3 is 2.35 bits per heavy atom. The molecule has 0 bridgehead atoms. The molecule has 6 nitrogen and oxygen atoms in total. The van der Waals surface area contributed by atoms with E-state index in [9.17, 15) is 26.4 Å². The first-order chi connectivity index (χ1) is 12.1. The number of hydrogen-bond acceptors (Lipinski definition) is 4. The third-order valence-corrected chi connectivity index (χ3v) is 4.58. The molecule has 1 amide bonds. The Labute approximate surface area is 148 Å². The number of alkyl halides is 3. The van der Waals surface area contributed by atoms with Gasteiger partial charge in [0.15, 0.2) is 0 Å². The first-order valence-corrected chi connectivity index (χ1v) is 8.75. The van der Waals surface area contributed by atoms with Crippen LogP contribution in [0.5, 0.6) is 5.75 Å². The number of hydrogen-bond donors (Lipinski definition) is 2. The van der Waals surface area contributed by atoms with Crippen molar-refractivity contribution in [3.05, 3.63) is 54.1 Å². The van der Waals surface area contributed by atoms with E-state index in [0.717, 1.165) is 24.3 Å². The Balaban J connectivity index is 2.16. The largest absolute Gasteiger partial charge is 0.573 e. The molecule has 0 aromatic heterocycles. The first kappa shape index (κ1) is 19.6. The highest BCUT2D eigenvalue weighted by molar-refractivity contribution is 7.92. The van der Waals surface area contributed by atoms with E-state index in [1.165, 1.54) is 19.2 Å². The number of carbonyl (C=O) groups is 1. The molecule has 0 aliphatic rings. The van der Waals surface area contributed by atoms with Gasteiger partial charge in [0.05, 0.1) is 11.3 Å². The van der Waals surface area contributed by atoms with Gasteiger partial charge in [-0.15, -0.1) is 13.2 Å². The summed E-state index contributed by atoms with van der Waals surface area (Å²) in [6.07, 6.45) is -4.78. The molecule has 0 spiro atoms. The number of amides is 1. The summed E-state index contributed by atoms with van der Waals surface area (Å²) in [6.45, 7) is 0. The molecule has 0 saturated carbocycles. The van der Waals surface area contributed by atoms with Crippen molar-refractivity contribution in [2.45, 2.75) is 17.7 Å². The van der Waals surface area contributed by atoms with Crippen molar-refractivity contribution in [3.8, 4) is 5.75 Å². The Hall–Kier alpha value is -2.75. The number of sulfonamides is 1. The summed E-state index contributed by atoms with van der Waals surface area (Å²) in [5.74, 6) is -0.832. The third-order valence-electron chi connectivity index (χ3n) is 3.20. The lowest BCUT2D eigenvalue weighted by Crippen LogP contribution is -2.20. The smallest absolute Gasteiger partial charge is 0.406 e. The van der Waals surface area contributed by atoms with E-state index in [1.807, 2.05) is 0 Å². The number of benzene rings is 2. The van der Waals surface area contributed by atoms with Gasteiger partial charge in [0.25, 0.3) is 10.0 Å². The summed E-state index contributed by atoms with van der Waals surface area (Å²) in [6, 6.07) is 10.1. The Morgan fingerprint density at radius 2 is 1.77 bits per heavy atom. The molecule has 26 heavy (non-hydrogen) atoms. The van der Waals surface area contributed by atoms with Crippen LogP contribution in [0.1, 0.15) is 5.56 Å². The van der Waals surface area contributed by atoms with Crippen molar-refractivity contribution in [2.24, 2.45) is 0 Å². The van der Waals surface area contributed by atoms with E-state index in [0.29, 0.717) is 5.56 Å². The van der Waals surface area contributed by atoms with Gasteiger partial charge >= 0.3 is 6.36 Å². The topological polar surface area (TPSA) is 84.5 Å². The molecule has 0 unspecified atom stereocenters. The van der Waals surface area contributed by atoms with Crippen LogP contribution in [-0.2, 0) is 21.2 Å². The maximum atomic E-state index is 12.3. The number of halogens is 3. The van der Waals surface area contributed by atoms with E-state index in [2.05, 4.69) is 14.8 Å². The Kier molecular flexibility index (Phi) is 5.76. The number of carbonyl (C=O) groups excluding carboxylic acids is 1. The van der Waals surface area contributed by atoms with E-state index in [1.54, 1.807) is 12.1 Å². The Morgan fingerprint density at radius 1 is 1.12 bits per heavy atom. The number of ether oxygens (including phenoxy) is 1. The minimum Gasteiger partial charge on any atom is -0.406 e. The summed E-state index contributed by atoms with van der Waals surface area (Å²) in [5, 5.41) is 2.47. The zero-order chi connectivity index (χ0) is 19.4. The van der Waals surface area contributed by atoms with Gasteiger partial charge in [-0.25, -0.2) is 8.42 Å². The summed E-state index contributed by atoms with van der Waals surface area (Å²) >= 11 is 0. The van der Waals surface area contributed by atoms with E-state index in [-0.39, 0.29) is 22.9 Å². The van der Waals surface area contributed by atoms with Gasteiger partial charge in [0.1, 0.15) is 5.75 Å². The molecule has 0 saturated heterocycles. The average molecular weight is 388 g/mol. The first-order valence-electron chi connectivity index (χ1n) is 7.27. The van der Waals surface area contributed by atoms with Gasteiger partial charge in [-0.3, -0.25) is 9.52 Å². The molecule has 0 heterocycles. The highest BCUT2D eigenvalue weighted by Gasteiger charge is 2.31. The van der Waals surface area contributed by atoms with Crippen LogP contribution in [-0.4, -0.2) is 27.7 Å². The summed E-state index contributed by atoms with van der Waals surface area (Å²) < 4.78 is 67.4. The van der Waals surface area contributed by atoms with Gasteiger partial charge in [-0.2, -0.15) is 0 Å². The van der Waals surface area contributed by atoms with Crippen molar-refractivity contribution >= 4 is 21.6 Å². The van der Waals surface area contributed by atoms with E-state index >= 15 is 0 Å². The maximum absolute atomic E-state index is 12.3. The molecule has 2 rings (SSSR count). The van der Waals surface area contributed by atoms with Crippen LogP contribution in [0, 0.1) is 0 Å². The SMILES string of the molecule is CNC(=O)Cc1ccc(NS(=O)(=O)c2cccc(OC(F)(F)F)c2)cc1. The Bertz CT molecular complexity index is 881. The van der Waals surface area contributed by atoms with Crippen LogP contribution in [0.2, 0.25) is 0 Å². The molecule has 0 radical (unpaired) electrons. The van der Waals surface area contributed by atoms with Crippen LogP contribution >= 0.6 is 0 Å². The standard InChI is InChI=1S/C16H15F3N2O4S/c1-20-15(22)9-11-5-7-12(8-6-11)21-26(23,24)14-4-2-3-13(10-14)25-16(17,18)19/h2-8,10,21H,9H2,1H3,(H,20,22). The maximum Gasteiger partial charge on any atom is 0.573 e. The van der Waals surface area contributed by atoms with Crippen LogP contribution in [0.4, 0.5) is 18.9 Å². The van der Waals surface area contributed by atoms with Crippen LogP contribution in [0.3, 0.4) is 0 Å². The number of anilines is 1.